The molecule has 0 spiro atoms. The molecule has 0 aliphatic carbocycles. The fourth-order valence-corrected chi connectivity index (χ4v) is 1.20. The van der Waals surface area contributed by atoms with E-state index in [4.69, 9.17) is 0 Å². The van der Waals surface area contributed by atoms with Crippen LogP contribution >= 0.6 is 0 Å². The topological polar surface area (TPSA) is 9.23 Å². The summed E-state index contributed by atoms with van der Waals surface area (Å²) < 4.78 is 141. The summed E-state index contributed by atoms with van der Waals surface area (Å²) in [7, 11) is 0. The van der Waals surface area contributed by atoms with Gasteiger partial charge in [0.15, 0.2) is 6.67 Å². The van der Waals surface area contributed by atoms with Crippen LogP contribution in [0.5, 0.6) is 0 Å². The van der Waals surface area contributed by atoms with E-state index in [1.54, 1.807) is 0 Å². The number of hydrogen-bond donors (Lipinski definition) is 0. The first-order chi connectivity index (χ1) is 9.04. The molecule has 0 saturated heterocycles. The van der Waals surface area contributed by atoms with Gasteiger partial charge in [-0.25, -0.2) is 13.2 Å². The summed E-state index contributed by atoms with van der Waals surface area (Å²) in [6.07, 6.45) is -15.1. The predicted octanol–water partition coefficient (Wildman–Crippen LogP) is 4.52. The van der Waals surface area contributed by atoms with Gasteiger partial charge in [0.2, 0.25) is 0 Å². The smallest absolute Gasteiger partial charge is 0.268 e. The lowest BCUT2D eigenvalue weighted by Crippen LogP contribution is -2.61. The number of ether oxygens (including phenoxy) is 1. The van der Waals surface area contributed by atoms with Crippen molar-refractivity contribution in [1.82, 2.24) is 0 Å². The van der Waals surface area contributed by atoms with Crippen molar-refractivity contribution >= 4 is 0 Å². The molecule has 128 valence electrons. The highest BCUT2D eigenvalue weighted by atomic mass is 19.4. The lowest BCUT2D eigenvalue weighted by molar-refractivity contribution is -0.462. The summed E-state index contributed by atoms with van der Waals surface area (Å²) in [5, 5.41) is 0. The molecule has 12 heteroatoms. The fraction of sp³-hybridized carbons (Fsp3) is 1.00. The average Bonchev–Trinajstić information content (AvgIpc) is 2.25. The van der Waals surface area contributed by atoms with E-state index >= 15 is 0 Å². The van der Waals surface area contributed by atoms with Crippen molar-refractivity contribution in [2.24, 2.45) is 0 Å². The van der Waals surface area contributed by atoms with E-state index in [9.17, 15) is 48.3 Å². The summed E-state index contributed by atoms with van der Waals surface area (Å²) in [4.78, 5) is 0. The quantitative estimate of drug-likeness (QED) is 0.619. The Morgan fingerprint density at radius 2 is 1.19 bits per heavy atom. The highest BCUT2D eigenvalue weighted by Crippen LogP contribution is 2.51. The van der Waals surface area contributed by atoms with Gasteiger partial charge in [-0.2, -0.15) is 35.1 Å². The zero-order valence-electron chi connectivity index (χ0n) is 10.2. The van der Waals surface area contributed by atoms with Crippen molar-refractivity contribution in [2.75, 3.05) is 13.3 Å². The minimum Gasteiger partial charge on any atom is -0.268 e. The van der Waals surface area contributed by atoms with Crippen LogP contribution in [0.1, 0.15) is 13.3 Å². The molecule has 2 unspecified atom stereocenters. The van der Waals surface area contributed by atoms with Crippen LogP contribution < -0.4 is 0 Å². The second kappa shape index (κ2) is 5.76. The Kier molecular flexibility index (Phi) is 5.54. The van der Waals surface area contributed by atoms with Crippen LogP contribution in [0.2, 0.25) is 0 Å². The summed E-state index contributed by atoms with van der Waals surface area (Å²) in [6.45, 7) is -5.22. The molecular formula is C9H9F11O. The molecule has 0 aromatic carbocycles. The summed E-state index contributed by atoms with van der Waals surface area (Å²) in [5.74, 6) is -12.3. The molecule has 0 aromatic rings. The van der Waals surface area contributed by atoms with Gasteiger partial charge in [0, 0.05) is 0 Å². The molecule has 21 heavy (non-hydrogen) atoms. The molecule has 2 atom stereocenters. The Bertz CT molecular complexity index is 350. The Labute approximate surface area is 111 Å². The van der Waals surface area contributed by atoms with Crippen LogP contribution in [0.3, 0.4) is 0 Å². The minimum absolute atomic E-state index is 0.0605. The summed E-state index contributed by atoms with van der Waals surface area (Å²) >= 11 is 0. The van der Waals surface area contributed by atoms with Crippen LogP contribution in [-0.4, -0.2) is 43.1 Å². The normalized spacial score (nSPS) is 20.0. The van der Waals surface area contributed by atoms with Crippen molar-refractivity contribution in [3.05, 3.63) is 0 Å². The third kappa shape index (κ3) is 4.58. The molecule has 0 aliphatic heterocycles. The fourth-order valence-electron chi connectivity index (χ4n) is 1.20. The third-order valence-corrected chi connectivity index (χ3v) is 2.15. The number of alkyl halides is 11. The molecule has 0 bridgehead atoms. The lowest BCUT2D eigenvalue weighted by Gasteiger charge is -2.37. The Balaban J connectivity index is 5.72. The number of halogens is 11. The highest BCUT2D eigenvalue weighted by molar-refractivity contribution is 4.97. The van der Waals surface area contributed by atoms with Gasteiger partial charge in [-0.3, -0.25) is 4.74 Å². The van der Waals surface area contributed by atoms with Crippen LogP contribution in [0, 0.1) is 0 Å². The molecular weight excluding hydrogens is 333 g/mol. The van der Waals surface area contributed by atoms with Crippen molar-refractivity contribution in [2.45, 2.75) is 43.1 Å². The molecule has 0 radical (unpaired) electrons. The maximum atomic E-state index is 13.4. The van der Waals surface area contributed by atoms with E-state index in [0.29, 0.717) is 0 Å². The maximum Gasteiger partial charge on any atom is 0.455 e. The van der Waals surface area contributed by atoms with Crippen LogP contribution in [0.15, 0.2) is 0 Å². The van der Waals surface area contributed by atoms with Gasteiger partial charge in [0.1, 0.15) is 12.3 Å². The predicted molar refractivity (Wildman–Crippen MR) is 47.0 cm³/mol. The van der Waals surface area contributed by atoms with Gasteiger partial charge in [0.05, 0.1) is 6.42 Å². The van der Waals surface area contributed by atoms with Crippen molar-refractivity contribution in [3.63, 3.8) is 0 Å². The molecule has 0 heterocycles. The molecule has 0 aromatic heterocycles. The van der Waals surface area contributed by atoms with Gasteiger partial charge in [0.25, 0.3) is 0 Å². The van der Waals surface area contributed by atoms with Gasteiger partial charge >= 0.3 is 24.1 Å². The summed E-state index contributed by atoms with van der Waals surface area (Å²) in [5.41, 5.74) is -3.65. The lowest BCUT2D eigenvalue weighted by atomic mass is 9.95. The van der Waals surface area contributed by atoms with E-state index in [1.165, 1.54) is 0 Å². The van der Waals surface area contributed by atoms with E-state index in [1.807, 2.05) is 0 Å². The zero-order valence-corrected chi connectivity index (χ0v) is 10.2. The minimum atomic E-state index is -6.76. The van der Waals surface area contributed by atoms with E-state index in [0.717, 1.165) is 0 Å². The van der Waals surface area contributed by atoms with Gasteiger partial charge < -0.3 is 0 Å². The van der Waals surface area contributed by atoms with Crippen LogP contribution in [0.4, 0.5) is 48.3 Å². The molecule has 0 rings (SSSR count). The first-order valence-corrected chi connectivity index (χ1v) is 5.06. The van der Waals surface area contributed by atoms with Crippen LogP contribution in [-0.2, 0) is 4.74 Å². The summed E-state index contributed by atoms with van der Waals surface area (Å²) in [6, 6.07) is 0. The van der Waals surface area contributed by atoms with Gasteiger partial charge in [-0.05, 0) is 6.92 Å². The van der Waals surface area contributed by atoms with Gasteiger partial charge in [-0.1, -0.05) is 0 Å². The molecule has 0 fully saturated rings. The monoisotopic (exact) mass is 342 g/mol. The molecule has 0 saturated carbocycles. The second-order valence-corrected chi connectivity index (χ2v) is 4.39. The Morgan fingerprint density at radius 3 is 1.48 bits per heavy atom. The molecule has 1 nitrogen and oxygen atoms in total. The SMILES string of the molecule is CC(F)(CF)CC(F)(F)C(F)(OC(F)(F)CF)C(F)(F)F. The standard InChI is InChI=1S/C9H9F11O/c1-5(12,3-10)2-6(13,14)8(17,9(18,19)20)21-7(15,16)4-11/h2-4H2,1H3. The number of hydrogen-bond acceptors (Lipinski definition) is 1. The van der Waals surface area contributed by atoms with E-state index in [2.05, 4.69) is 4.74 Å². The van der Waals surface area contributed by atoms with E-state index in [-0.39, 0.29) is 6.92 Å². The largest absolute Gasteiger partial charge is 0.455 e. The Hall–Kier alpha value is -0.810. The van der Waals surface area contributed by atoms with Crippen LogP contribution in [0.25, 0.3) is 0 Å². The molecule has 0 N–H and O–H groups in total. The second-order valence-electron chi connectivity index (χ2n) is 4.39. The zero-order chi connectivity index (χ0) is 17.3. The van der Waals surface area contributed by atoms with Gasteiger partial charge in [-0.15, -0.1) is 0 Å². The maximum absolute atomic E-state index is 13.4. The molecule has 0 aliphatic rings. The first kappa shape index (κ1) is 20.2. The van der Waals surface area contributed by atoms with Crippen molar-refractivity contribution < 1.29 is 53.0 Å². The first-order valence-electron chi connectivity index (χ1n) is 5.06. The van der Waals surface area contributed by atoms with Crippen molar-refractivity contribution in [1.29, 1.82) is 0 Å². The average molecular weight is 342 g/mol. The molecule has 0 amide bonds. The third-order valence-electron chi connectivity index (χ3n) is 2.15. The van der Waals surface area contributed by atoms with Crippen molar-refractivity contribution in [3.8, 4) is 0 Å². The number of rotatable bonds is 7. The highest BCUT2D eigenvalue weighted by Gasteiger charge is 2.76. The van der Waals surface area contributed by atoms with E-state index < -0.39 is 49.5 Å². The Morgan fingerprint density at radius 1 is 0.762 bits per heavy atom.